The van der Waals surface area contributed by atoms with Crippen molar-refractivity contribution < 1.29 is 0 Å². The quantitative estimate of drug-likeness (QED) is 0.789. The molecular formula is C12H19N3. The average Bonchev–Trinajstić information content (AvgIpc) is 2.71. The first-order valence-electron chi connectivity index (χ1n) is 5.74. The minimum absolute atomic E-state index is 0.710. The number of hydrogen-bond donors (Lipinski definition) is 2. The Balaban J connectivity index is 1.73. The number of pyridine rings is 1. The third kappa shape index (κ3) is 3.20. The lowest BCUT2D eigenvalue weighted by molar-refractivity contribution is 0.574. The zero-order valence-electron chi connectivity index (χ0n) is 9.29. The third-order valence-corrected chi connectivity index (χ3v) is 2.88. The number of anilines is 1. The first-order valence-corrected chi connectivity index (χ1v) is 5.74. The standard InChI is InChI=1S/C12H19N3/c1-10-4-7-14-12(9-10)15-8-5-11-3-2-6-13-11/h4,7,9,11,13H,2-3,5-6,8H2,1H3,(H,14,15). The van der Waals surface area contributed by atoms with Crippen LogP contribution >= 0.6 is 0 Å². The summed E-state index contributed by atoms with van der Waals surface area (Å²) in [5.74, 6) is 0.994. The van der Waals surface area contributed by atoms with Crippen molar-refractivity contribution >= 4 is 5.82 Å². The van der Waals surface area contributed by atoms with Crippen LogP contribution < -0.4 is 10.6 Å². The molecule has 2 rings (SSSR count). The number of rotatable bonds is 4. The van der Waals surface area contributed by atoms with Gasteiger partial charge in [0.15, 0.2) is 0 Å². The summed E-state index contributed by atoms with van der Waals surface area (Å²) in [4.78, 5) is 4.27. The molecule has 1 fully saturated rings. The van der Waals surface area contributed by atoms with Gasteiger partial charge >= 0.3 is 0 Å². The molecule has 1 atom stereocenters. The van der Waals surface area contributed by atoms with E-state index in [1.807, 2.05) is 12.3 Å². The largest absolute Gasteiger partial charge is 0.370 e. The van der Waals surface area contributed by atoms with Crippen LogP contribution in [0.15, 0.2) is 18.3 Å². The lowest BCUT2D eigenvalue weighted by Crippen LogP contribution is -2.24. The molecule has 2 heterocycles. The summed E-state index contributed by atoms with van der Waals surface area (Å²) in [6.45, 7) is 4.28. The predicted octanol–water partition coefficient (Wildman–Crippen LogP) is 1.94. The molecule has 3 nitrogen and oxygen atoms in total. The molecule has 1 aromatic heterocycles. The van der Waals surface area contributed by atoms with Gasteiger partial charge in [-0.1, -0.05) is 0 Å². The highest BCUT2D eigenvalue weighted by atomic mass is 15.0. The highest BCUT2D eigenvalue weighted by Gasteiger charge is 2.12. The maximum absolute atomic E-state index is 4.27. The molecule has 0 bridgehead atoms. The molecule has 0 spiro atoms. The van der Waals surface area contributed by atoms with Crippen LogP contribution in [0.1, 0.15) is 24.8 Å². The predicted molar refractivity (Wildman–Crippen MR) is 63.1 cm³/mol. The van der Waals surface area contributed by atoms with Gasteiger partial charge in [0, 0.05) is 18.8 Å². The van der Waals surface area contributed by atoms with Gasteiger partial charge in [0.2, 0.25) is 0 Å². The molecule has 0 aliphatic carbocycles. The highest BCUT2D eigenvalue weighted by Crippen LogP contribution is 2.10. The third-order valence-electron chi connectivity index (χ3n) is 2.88. The molecule has 1 unspecified atom stereocenters. The zero-order chi connectivity index (χ0) is 10.5. The lowest BCUT2D eigenvalue weighted by atomic mass is 10.1. The van der Waals surface area contributed by atoms with Crippen LogP contribution in [0, 0.1) is 6.92 Å². The summed E-state index contributed by atoms with van der Waals surface area (Å²) >= 11 is 0. The molecule has 0 saturated carbocycles. The summed E-state index contributed by atoms with van der Waals surface area (Å²) in [6.07, 6.45) is 5.69. The second kappa shape index (κ2) is 5.12. The van der Waals surface area contributed by atoms with E-state index in [0.29, 0.717) is 6.04 Å². The van der Waals surface area contributed by atoms with E-state index in [1.54, 1.807) is 0 Å². The molecule has 1 saturated heterocycles. The number of aromatic nitrogens is 1. The van der Waals surface area contributed by atoms with Crippen molar-refractivity contribution in [1.29, 1.82) is 0 Å². The molecule has 0 amide bonds. The molecule has 1 aliphatic rings. The summed E-state index contributed by atoms with van der Waals surface area (Å²) < 4.78 is 0. The smallest absolute Gasteiger partial charge is 0.126 e. The van der Waals surface area contributed by atoms with E-state index >= 15 is 0 Å². The Kier molecular flexibility index (Phi) is 3.56. The van der Waals surface area contributed by atoms with Crippen molar-refractivity contribution in [2.45, 2.75) is 32.2 Å². The summed E-state index contributed by atoms with van der Waals surface area (Å²) in [6, 6.07) is 4.81. The Bertz CT molecular complexity index is 305. The highest BCUT2D eigenvalue weighted by molar-refractivity contribution is 5.36. The molecule has 82 valence electrons. The molecule has 3 heteroatoms. The first-order chi connectivity index (χ1) is 7.34. The van der Waals surface area contributed by atoms with Crippen molar-refractivity contribution in [2.24, 2.45) is 0 Å². The van der Waals surface area contributed by atoms with E-state index < -0.39 is 0 Å². The van der Waals surface area contributed by atoms with E-state index in [0.717, 1.165) is 12.4 Å². The van der Waals surface area contributed by atoms with Crippen molar-refractivity contribution in [3.63, 3.8) is 0 Å². The Morgan fingerprint density at radius 3 is 3.27 bits per heavy atom. The fourth-order valence-electron chi connectivity index (χ4n) is 2.01. The maximum Gasteiger partial charge on any atom is 0.126 e. The van der Waals surface area contributed by atoms with Gasteiger partial charge < -0.3 is 10.6 Å². The van der Waals surface area contributed by atoms with Gasteiger partial charge in [-0.15, -0.1) is 0 Å². The van der Waals surface area contributed by atoms with Gasteiger partial charge in [0.1, 0.15) is 5.82 Å². The first kappa shape index (κ1) is 10.4. The van der Waals surface area contributed by atoms with Crippen molar-refractivity contribution in [1.82, 2.24) is 10.3 Å². The van der Waals surface area contributed by atoms with Crippen LogP contribution in [0.4, 0.5) is 5.82 Å². The van der Waals surface area contributed by atoms with E-state index in [2.05, 4.69) is 28.6 Å². The van der Waals surface area contributed by atoms with E-state index in [-0.39, 0.29) is 0 Å². The van der Waals surface area contributed by atoms with Crippen LogP contribution in [0.5, 0.6) is 0 Å². The monoisotopic (exact) mass is 205 g/mol. The lowest BCUT2D eigenvalue weighted by Gasteiger charge is -2.11. The maximum atomic E-state index is 4.27. The normalized spacial score (nSPS) is 20.5. The van der Waals surface area contributed by atoms with Crippen LogP contribution in [0.2, 0.25) is 0 Å². The van der Waals surface area contributed by atoms with E-state index in [9.17, 15) is 0 Å². The van der Waals surface area contributed by atoms with Crippen LogP contribution in [0.3, 0.4) is 0 Å². The van der Waals surface area contributed by atoms with E-state index in [4.69, 9.17) is 0 Å². The Morgan fingerprint density at radius 2 is 2.53 bits per heavy atom. The average molecular weight is 205 g/mol. The molecule has 0 radical (unpaired) electrons. The van der Waals surface area contributed by atoms with Gasteiger partial charge in [0.05, 0.1) is 0 Å². The van der Waals surface area contributed by atoms with Gasteiger partial charge in [-0.25, -0.2) is 4.98 Å². The second-order valence-electron chi connectivity index (χ2n) is 4.23. The van der Waals surface area contributed by atoms with E-state index in [1.165, 1.54) is 31.4 Å². The molecule has 0 aromatic carbocycles. The summed E-state index contributed by atoms with van der Waals surface area (Å²) in [5, 5.41) is 6.86. The van der Waals surface area contributed by atoms with Gasteiger partial charge in [-0.2, -0.15) is 0 Å². The summed E-state index contributed by atoms with van der Waals surface area (Å²) in [7, 11) is 0. The van der Waals surface area contributed by atoms with Gasteiger partial charge in [-0.3, -0.25) is 0 Å². The van der Waals surface area contributed by atoms with Crippen molar-refractivity contribution in [3.8, 4) is 0 Å². The van der Waals surface area contributed by atoms with Crippen LogP contribution in [-0.4, -0.2) is 24.1 Å². The number of hydrogen-bond acceptors (Lipinski definition) is 3. The Morgan fingerprint density at radius 1 is 1.60 bits per heavy atom. The van der Waals surface area contributed by atoms with Crippen molar-refractivity contribution in [3.05, 3.63) is 23.9 Å². The van der Waals surface area contributed by atoms with Crippen molar-refractivity contribution in [2.75, 3.05) is 18.4 Å². The van der Waals surface area contributed by atoms with Gasteiger partial charge in [-0.05, 0) is 50.4 Å². The minimum atomic E-state index is 0.710. The van der Waals surface area contributed by atoms with Gasteiger partial charge in [0.25, 0.3) is 0 Å². The second-order valence-corrected chi connectivity index (χ2v) is 4.23. The summed E-state index contributed by atoms with van der Waals surface area (Å²) in [5.41, 5.74) is 1.26. The Hall–Kier alpha value is -1.09. The molecule has 15 heavy (non-hydrogen) atoms. The zero-order valence-corrected chi connectivity index (χ0v) is 9.29. The molecular weight excluding hydrogens is 186 g/mol. The fourth-order valence-corrected chi connectivity index (χ4v) is 2.01. The number of nitrogens with zero attached hydrogens (tertiary/aromatic N) is 1. The number of aryl methyl sites for hydroxylation is 1. The minimum Gasteiger partial charge on any atom is -0.370 e. The van der Waals surface area contributed by atoms with Crippen LogP contribution in [-0.2, 0) is 0 Å². The molecule has 1 aromatic rings. The Labute approximate surface area is 91.3 Å². The SMILES string of the molecule is Cc1ccnc(NCCC2CCCN2)c1. The number of nitrogens with one attached hydrogen (secondary N) is 2. The topological polar surface area (TPSA) is 37.0 Å². The fraction of sp³-hybridized carbons (Fsp3) is 0.583. The molecule has 2 N–H and O–H groups in total. The van der Waals surface area contributed by atoms with Crippen LogP contribution in [0.25, 0.3) is 0 Å². The molecule has 1 aliphatic heterocycles.